The number of hydrogen-bond acceptors (Lipinski definition) is 8. The van der Waals surface area contributed by atoms with E-state index >= 15 is 0 Å². The molecule has 616 valence electrons. The average molecular weight is 1590 g/mol. The third-order valence-electron chi connectivity index (χ3n) is 21.9. The second kappa shape index (κ2) is 43.9. The molecule has 2 amide bonds. The number of fused-ring (bicyclic) bond motifs is 9. The van der Waals surface area contributed by atoms with Gasteiger partial charge in [0.2, 0.25) is 11.8 Å². The van der Waals surface area contributed by atoms with Gasteiger partial charge in [0.15, 0.2) is 0 Å². The molecule has 4 aromatic heterocycles. The van der Waals surface area contributed by atoms with Crippen molar-refractivity contribution in [1.29, 1.82) is 0 Å². The zero-order valence-corrected chi connectivity index (χ0v) is 73.8. The first-order chi connectivity index (χ1) is 57.8. The van der Waals surface area contributed by atoms with Crippen molar-refractivity contribution in [1.82, 2.24) is 25.3 Å². The summed E-state index contributed by atoms with van der Waals surface area (Å²) in [4.78, 5) is 41.8. The van der Waals surface area contributed by atoms with E-state index in [9.17, 15) is 9.59 Å². The normalized spacial score (nSPS) is 14.1. The molecule has 0 saturated carbocycles. The number of para-hydroxylation sites is 4. The van der Waals surface area contributed by atoms with E-state index in [4.69, 9.17) is 0 Å². The number of pyridine rings is 4. The quantitative estimate of drug-likeness (QED) is 0.131. The zero-order chi connectivity index (χ0) is 85.9. The molecule has 0 spiro atoms. The second-order valence-electron chi connectivity index (χ2n) is 33.7. The Bertz CT molecular complexity index is 5200. The first-order valence-electron chi connectivity index (χ1n) is 42.8. The molecule has 0 fully saturated rings. The van der Waals surface area contributed by atoms with Crippen LogP contribution in [0, 0.1) is 11.8 Å². The van der Waals surface area contributed by atoms with Crippen LogP contribution >= 0.6 is 0 Å². The maximum absolute atomic E-state index is 11.4. The van der Waals surface area contributed by atoms with Crippen molar-refractivity contribution in [2.24, 2.45) is 11.8 Å². The Morgan fingerprint density at radius 1 is 0.367 bits per heavy atom. The molecular weight excluding hydrogens is 1470 g/mol. The van der Waals surface area contributed by atoms with Gasteiger partial charge in [-0.1, -0.05) is 342 Å². The molecule has 2 unspecified atom stereocenters. The fourth-order valence-corrected chi connectivity index (χ4v) is 15.5. The molecule has 10 heteroatoms. The van der Waals surface area contributed by atoms with Gasteiger partial charge in [0, 0.05) is 87.6 Å². The molecule has 4 aliphatic rings. The van der Waals surface area contributed by atoms with Crippen LogP contribution in [-0.4, -0.2) is 50.4 Å². The summed E-state index contributed by atoms with van der Waals surface area (Å²) in [7, 11) is 0. The number of allylic oxidation sites excluding steroid dienone is 3. The Hall–Kier alpha value is -12.4. The molecule has 0 saturated heterocycles. The molecule has 0 bridgehead atoms. The van der Waals surface area contributed by atoms with Crippen molar-refractivity contribution in [2.45, 2.75) is 178 Å². The van der Waals surface area contributed by atoms with Crippen molar-refractivity contribution >= 4 is 99.8 Å². The van der Waals surface area contributed by atoms with E-state index in [-0.39, 0.29) is 17.9 Å². The minimum Gasteiger partial charge on any atom is -0.358 e. The van der Waals surface area contributed by atoms with E-state index in [0.717, 1.165) is 28.1 Å². The summed E-state index contributed by atoms with van der Waals surface area (Å²) < 4.78 is 0. The number of rotatable bonds is 9. The Morgan fingerprint density at radius 2 is 0.850 bits per heavy atom. The van der Waals surface area contributed by atoms with Crippen LogP contribution in [-0.2, 0) is 9.59 Å². The summed E-state index contributed by atoms with van der Waals surface area (Å²) in [5, 5.41) is 22.2. The molecule has 10 nitrogen and oxygen atoms in total. The molecule has 10 aromatic carbocycles. The van der Waals surface area contributed by atoms with E-state index in [0.29, 0.717) is 65.8 Å². The van der Waals surface area contributed by atoms with Crippen LogP contribution in [0.25, 0.3) is 71.0 Å². The van der Waals surface area contributed by atoms with Crippen LogP contribution in [0.3, 0.4) is 0 Å². The van der Waals surface area contributed by atoms with Crippen LogP contribution in [0.2, 0.25) is 0 Å². The third-order valence-corrected chi connectivity index (χ3v) is 21.9. The van der Waals surface area contributed by atoms with Gasteiger partial charge in [-0.15, -0.1) is 0 Å². The SMILES string of the molecule is C=C1C=Cc2c(cccc2C(C)C)N1.CC(C)C1=CC=CC2C=CC(=O)NC12.CC(C)N1CC(=O)Nc2ccccc21.CC(C)c1cccc2ccccc12.CC(C)c1cccc2ccccc12.CC(C)c1cccc2cccnc12.CC(C)c1cccc2ccncc12.CC(C)c1ccnc2ccccc12.CC(C)c1cncc2ccccc12. The number of nitrogens with one attached hydrogen (secondary N) is 3. The number of aromatic nitrogens is 4. The number of carbonyl (C=O) groups excluding carboxylic acids is 2. The first-order valence-corrected chi connectivity index (χ1v) is 42.8. The number of nitrogens with zero attached hydrogens (tertiary/aromatic N) is 5. The maximum atomic E-state index is 11.4. The lowest BCUT2D eigenvalue weighted by Gasteiger charge is -2.33. The van der Waals surface area contributed by atoms with Gasteiger partial charge < -0.3 is 20.9 Å². The van der Waals surface area contributed by atoms with Crippen LogP contribution in [0.15, 0.2) is 328 Å². The Morgan fingerprint density at radius 3 is 1.45 bits per heavy atom. The van der Waals surface area contributed by atoms with Crippen molar-refractivity contribution < 1.29 is 9.59 Å². The minimum atomic E-state index is 0.0214. The monoisotopic (exact) mass is 1590 g/mol. The van der Waals surface area contributed by atoms with Crippen LogP contribution in [0.5, 0.6) is 0 Å². The molecule has 7 heterocycles. The first kappa shape index (κ1) is 89.9. The van der Waals surface area contributed by atoms with Crippen LogP contribution in [0.4, 0.5) is 17.1 Å². The Balaban J connectivity index is 0.000000142. The minimum absolute atomic E-state index is 0.0214. The molecule has 1 aliphatic carbocycles. The third kappa shape index (κ3) is 24.2. The highest BCUT2D eigenvalue weighted by molar-refractivity contribution is 6.01. The smallest absolute Gasteiger partial charge is 0.244 e. The molecule has 18 rings (SSSR count). The molecule has 120 heavy (non-hydrogen) atoms. The topological polar surface area (TPSA) is 125 Å². The van der Waals surface area contributed by atoms with Gasteiger partial charge >= 0.3 is 0 Å². The lowest BCUT2D eigenvalue weighted by Crippen LogP contribution is -2.44. The number of benzene rings is 10. The maximum Gasteiger partial charge on any atom is 0.244 e. The van der Waals surface area contributed by atoms with E-state index in [1.807, 2.05) is 91.8 Å². The van der Waals surface area contributed by atoms with Gasteiger partial charge in [0.25, 0.3) is 0 Å². The Labute approximate surface area is 714 Å². The van der Waals surface area contributed by atoms with Gasteiger partial charge in [0.1, 0.15) is 0 Å². The number of anilines is 3. The summed E-state index contributed by atoms with van der Waals surface area (Å²) in [6.45, 7) is 43.9. The van der Waals surface area contributed by atoms with Gasteiger partial charge in [-0.05, 0) is 193 Å². The highest BCUT2D eigenvalue weighted by Crippen LogP contribution is 2.35. The summed E-state index contributed by atoms with van der Waals surface area (Å²) in [5.74, 6) is 4.89. The summed E-state index contributed by atoms with van der Waals surface area (Å²) in [6, 6.07) is 82.6. The molecule has 2 atom stereocenters. The van der Waals surface area contributed by atoms with Crippen molar-refractivity contribution in [3.63, 3.8) is 0 Å². The van der Waals surface area contributed by atoms with Gasteiger partial charge in [-0.25, -0.2) is 0 Å². The van der Waals surface area contributed by atoms with Gasteiger partial charge in [-0.2, -0.15) is 0 Å². The largest absolute Gasteiger partial charge is 0.358 e. The standard InChI is InChI=1S/C13H15N.2C13H14.C12H15NO.4C12H13N.C11H14N2O/c1-9(2)11-5-4-6-13-12(11)8-7-10(3)14-13;2*1-10(2)12-9-5-7-11-6-3-4-8-13(11)12;1-8(2)10-5-3-4-9-6-7-11(14)13-12(9)10;1-9(2)11-7-3-5-10-6-4-8-13-12(10)11;1-9(2)11-5-3-4-10-6-7-13-8-12(10)11;1-9(2)12-8-13-7-10-5-3-4-6-11(10)12;1-9(2)10-7-8-13-12-6-4-3-5-11(10)12;1-8(2)13-7-11(14)12-9-5-3-4-6-10(9)13/h4-9,14H,3H2,1-2H3;2*3-10H,1-2H3;3-9,12H,1-2H3,(H,13,14);4*3-9H,1-2H3;3-6,8H,7H2,1-2H3,(H,12,14). The summed E-state index contributed by atoms with van der Waals surface area (Å²) in [6.07, 6.45) is 25.5. The fourth-order valence-electron chi connectivity index (χ4n) is 15.5. The average Bonchev–Trinajstić information content (AvgIpc) is 0.810. The van der Waals surface area contributed by atoms with E-state index < -0.39 is 0 Å². The predicted molar refractivity (Wildman–Crippen MR) is 516 cm³/mol. The second-order valence-corrected chi connectivity index (χ2v) is 33.7. The molecule has 0 radical (unpaired) electrons. The highest BCUT2D eigenvalue weighted by atomic mass is 16.2. The Kier molecular flexibility index (Phi) is 32.9. The molecule has 3 N–H and O–H groups in total. The van der Waals surface area contributed by atoms with E-state index in [1.165, 1.54) is 110 Å². The van der Waals surface area contributed by atoms with E-state index in [1.54, 1.807) is 6.08 Å². The fraction of sp³-hybridized carbons (Fsp3) is 0.273. The highest BCUT2D eigenvalue weighted by Gasteiger charge is 2.29. The number of amides is 2. The number of hydrogen-bond donors (Lipinski definition) is 3. The van der Waals surface area contributed by atoms with E-state index in [2.05, 4.69) is 390 Å². The molecule has 14 aromatic rings. The van der Waals surface area contributed by atoms with Crippen molar-refractivity contribution in [3.8, 4) is 0 Å². The summed E-state index contributed by atoms with van der Waals surface area (Å²) >= 11 is 0. The lowest BCUT2D eigenvalue weighted by molar-refractivity contribution is -0.117. The summed E-state index contributed by atoms with van der Waals surface area (Å²) in [5.41, 5.74) is 18.7. The predicted octanol–water partition coefficient (Wildman–Crippen LogP) is 28.8. The zero-order valence-electron chi connectivity index (χ0n) is 73.8. The van der Waals surface area contributed by atoms with Crippen molar-refractivity contribution in [2.75, 3.05) is 22.1 Å². The van der Waals surface area contributed by atoms with Gasteiger partial charge in [0.05, 0.1) is 35.0 Å². The van der Waals surface area contributed by atoms with Crippen LogP contribution in [0.1, 0.15) is 211 Å². The van der Waals surface area contributed by atoms with Gasteiger partial charge in [-0.3, -0.25) is 29.5 Å². The number of carbonyl (C=O) groups is 2. The van der Waals surface area contributed by atoms with Crippen molar-refractivity contribution in [3.05, 3.63) is 373 Å². The molecule has 3 aliphatic heterocycles. The molecular formula is C110H124N8O2. The lowest BCUT2D eigenvalue weighted by atomic mass is 9.81. The van der Waals surface area contributed by atoms with Crippen LogP contribution < -0.4 is 20.9 Å².